The van der Waals surface area contributed by atoms with Crippen molar-refractivity contribution in [3.05, 3.63) is 199 Å². The van der Waals surface area contributed by atoms with Crippen molar-refractivity contribution in [1.29, 1.82) is 0 Å². The molecule has 0 spiro atoms. The molecule has 13 rings (SSSR count). The van der Waals surface area contributed by atoms with Gasteiger partial charge >= 0.3 is 0 Å². The molecule has 0 saturated heterocycles. The van der Waals surface area contributed by atoms with Gasteiger partial charge in [-0.3, -0.25) is 0 Å². The summed E-state index contributed by atoms with van der Waals surface area (Å²) in [5, 5.41) is 99.4. The van der Waals surface area contributed by atoms with Gasteiger partial charge in [-0.15, -0.1) is 0 Å². The minimum atomic E-state index is -0.533. The zero-order chi connectivity index (χ0) is 50.4. The van der Waals surface area contributed by atoms with E-state index in [2.05, 4.69) is 36.4 Å². The fourth-order valence-corrected chi connectivity index (χ4v) is 13.4. The molecule has 0 atom stereocenters. The maximum atomic E-state index is 12.3. The molecule has 0 aliphatic heterocycles. The average Bonchev–Trinajstić information content (AvgIpc) is 3.39. The molecule has 9 nitrogen and oxygen atoms in total. The number of phenolic OH excluding ortho intramolecular Hbond substituents is 9. The van der Waals surface area contributed by atoms with Crippen LogP contribution in [0.2, 0.25) is 0 Å². The highest BCUT2D eigenvalue weighted by Crippen LogP contribution is 2.72. The molecule has 9 aromatic rings. The van der Waals surface area contributed by atoms with E-state index < -0.39 is 16.2 Å². The maximum Gasteiger partial charge on any atom is 0.131 e. The highest BCUT2D eigenvalue weighted by molar-refractivity contribution is 5.87. The van der Waals surface area contributed by atoms with Crippen molar-refractivity contribution in [1.82, 2.24) is 0 Å². The Balaban J connectivity index is 1.14. The normalized spacial score (nSPS) is 20.8. The molecule has 73 heavy (non-hydrogen) atoms. The summed E-state index contributed by atoms with van der Waals surface area (Å²) in [6, 6.07) is 53.6. The molecule has 362 valence electrons. The number of rotatable bonds is 9. The second kappa shape index (κ2) is 16.9. The fourth-order valence-electron chi connectivity index (χ4n) is 13.4. The summed E-state index contributed by atoms with van der Waals surface area (Å²) in [6.45, 7) is 0. The Morgan fingerprint density at radius 3 is 0.575 bits per heavy atom. The monoisotopic (exact) mass is 964 g/mol. The predicted octanol–water partition coefficient (Wildman–Crippen LogP) is 14.2. The van der Waals surface area contributed by atoms with Crippen LogP contribution in [0, 0.1) is 5.92 Å². The molecule has 0 heterocycles. The largest absolute Gasteiger partial charge is 0.508 e. The minimum absolute atomic E-state index is 0.0699. The van der Waals surface area contributed by atoms with Crippen LogP contribution in [0.1, 0.15) is 55.2 Å². The lowest BCUT2D eigenvalue weighted by Crippen LogP contribution is -2.62. The van der Waals surface area contributed by atoms with Gasteiger partial charge in [0, 0.05) is 33.4 Å². The average molecular weight is 965 g/mol. The molecule has 0 amide bonds. The summed E-state index contributed by atoms with van der Waals surface area (Å²) < 4.78 is 0. The van der Waals surface area contributed by atoms with Gasteiger partial charge in [-0.25, -0.2) is 0 Å². The van der Waals surface area contributed by atoms with Crippen molar-refractivity contribution in [2.24, 2.45) is 5.92 Å². The van der Waals surface area contributed by atoms with Crippen LogP contribution in [0.3, 0.4) is 0 Å². The third-order valence-electron chi connectivity index (χ3n) is 16.3. The first-order valence-electron chi connectivity index (χ1n) is 24.6. The molecule has 9 N–H and O–H groups in total. The van der Waals surface area contributed by atoms with Crippen LogP contribution >= 0.6 is 0 Å². The summed E-state index contributed by atoms with van der Waals surface area (Å²) in [5.74, 6) is 0.979. The number of benzene rings is 9. The number of hydrogen-bond acceptors (Lipinski definition) is 9. The summed E-state index contributed by atoms with van der Waals surface area (Å²) in [4.78, 5) is 0. The third kappa shape index (κ3) is 7.79. The summed E-state index contributed by atoms with van der Waals surface area (Å²) in [6.07, 6.45) is 4.63. The lowest BCUT2D eigenvalue weighted by atomic mass is 9.36. The van der Waals surface area contributed by atoms with Gasteiger partial charge in [0.2, 0.25) is 0 Å². The van der Waals surface area contributed by atoms with Crippen LogP contribution in [0.15, 0.2) is 182 Å². The molecule has 0 radical (unpaired) electrons. The second-order valence-electron chi connectivity index (χ2n) is 20.9. The molecule has 0 aromatic heterocycles. The third-order valence-corrected chi connectivity index (χ3v) is 16.3. The van der Waals surface area contributed by atoms with E-state index in [1.807, 2.05) is 0 Å². The van der Waals surface area contributed by atoms with Crippen LogP contribution < -0.4 is 0 Å². The van der Waals surface area contributed by atoms with E-state index in [0.29, 0.717) is 52.6 Å². The number of aromatic hydroxyl groups is 9. The van der Waals surface area contributed by atoms with Gasteiger partial charge in [0.1, 0.15) is 51.7 Å². The van der Waals surface area contributed by atoms with Crippen LogP contribution in [0.4, 0.5) is 0 Å². The minimum Gasteiger partial charge on any atom is -0.508 e. The summed E-state index contributed by atoms with van der Waals surface area (Å²) >= 11 is 0. The molecule has 9 aromatic carbocycles. The Bertz CT molecular complexity index is 3000. The van der Waals surface area contributed by atoms with E-state index in [-0.39, 0.29) is 57.7 Å². The van der Waals surface area contributed by atoms with Gasteiger partial charge in [0.15, 0.2) is 0 Å². The van der Waals surface area contributed by atoms with Crippen molar-refractivity contribution >= 4 is 0 Å². The van der Waals surface area contributed by atoms with Gasteiger partial charge in [0.05, 0.1) is 0 Å². The zero-order valence-corrected chi connectivity index (χ0v) is 39.7. The Labute approximate surface area is 422 Å². The fraction of sp³-hybridized carbons (Fsp3) is 0.156. The van der Waals surface area contributed by atoms with E-state index in [4.69, 9.17) is 0 Å². The predicted molar refractivity (Wildman–Crippen MR) is 283 cm³/mol. The van der Waals surface area contributed by atoms with E-state index in [9.17, 15) is 46.0 Å². The van der Waals surface area contributed by atoms with Gasteiger partial charge in [-0.2, -0.15) is 0 Å². The van der Waals surface area contributed by atoms with Crippen molar-refractivity contribution in [3.8, 4) is 119 Å². The van der Waals surface area contributed by atoms with Crippen LogP contribution in [-0.2, 0) is 16.2 Å². The Kier molecular flexibility index (Phi) is 10.5. The Morgan fingerprint density at radius 2 is 0.411 bits per heavy atom. The standard InChI is InChI=1S/C64H52O9/c65-47-13-1-38(2-14-47)53-25-44(26-54(59(53)71)39-3-15-48(66)16-4-39)62-31-37-32-63(34-62,45-27-55(40-5-17-49(67)18-6-40)60(72)56(28-45)41-7-19-50(68)20-8-41)36-64(33-37,35-62)46-29-57(42-9-21-51(69)22-10-42)61(73)58(30-46)43-11-23-52(70)24-12-43/h1-30,37,65-73H,31-36H2. The number of hydrogen-bond donors (Lipinski definition) is 9. The van der Waals surface area contributed by atoms with Crippen molar-refractivity contribution in [3.63, 3.8) is 0 Å². The lowest BCUT2D eigenvalue weighted by molar-refractivity contribution is -0.0493. The topological polar surface area (TPSA) is 182 Å². The van der Waals surface area contributed by atoms with Crippen molar-refractivity contribution in [2.75, 3.05) is 0 Å². The smallest absolute Gasteiger partial charge is 0.131 e. The van der Waals surface area contributed by atoms with Gasteiger partial charge in [-0.1, -0.05) is 72.8 Å². The Hall–Kier alpha value is -8.82. The molecular weight excluding hydrogens is 913 g/mol. The second-order valence-corrected chi connectivity index (χ2v) is 20.9. The highest BCUT2D eigenvalue weighted by Gasteiger charge is 2.65. The zero-order valence-electron chi connectivity index (χ0n) is 39.7. The van der Waals surface area contributed by atoms with Crippen LogP contribution in [-0.4, -0.2) is 46.0 Å². The molecule has 4 aliphatic rings. The van der Waals surface area contributed by atoms with Crippen molar-refractivity contribution < 1.29 is 46.0 Å². The maximum absolute atomic E-state index is 12.3. The van der Waals surface area contributed by atoms with Gasteiger partial charge in [-0.05, 0) is 220 Å². The first kappa shape index (κ1) is 45.3. The lowest BCUT2D eigenvalue weighted by Gasteiger charge is -2.67. The highest BCUT2D eigenvalue weighted by atomic mass is 16.3. The van der Waals surface area contributed by atoms with E-state index in [0.717, 1.165) is 69.3 Å². The first-order valence-corrected chi connectivity index (χ1v) is 24.6. The number of phenols is 9. The van der Waals surface area contributed by atoms with Gasteiger partial charge in [0.25, 0.3) is 0 Å². The molecule has 4 fully saturated rings. The first-order chi connectivity index (χ1) is 35.2. The molecule has 4 bridgehead atoms. The quantitative estimate of drug-likeness (QED) is 0.0680. The van der Waals surface area contributed by atoms with Crippen molar-refractivity contribution in [2.45, 2.75) is 54.8 Å². The van der Waals surface area contributed by atoms with Crippen LogP contribution in [0.5, 0.6) is 51.7 Å². The molecule has 4 aliphatic carbocycles. The van der Waals surface area contributed by atoms with Gasteiger partial charge < -0.3 is 46.0 Å². The molecule has 4 saturated carbocycles. The molecular formula is C64H52O9. The SMILES string of the molecule is Oc1ccc(-c2cc(C34CC5CC(c6cc(-c7ccc(O)cc7)c(O)c(-c7ccc(O)cc7)c6)(C3)CC(c3cc(-c6ccc(O)cc6)c(O)c(-c6ccc(O)cc6)c3)(C5)C4)cc(-c3ccc(O)cc3)c2O)cc1. The van der Waals surface area contributed by atoms with E-state index in [1.165, 1.54) is 0 Å². The molecule has 0 unspecified atom stereocenters. The summed E-state index contributed by atoms with van der Waals surface area (Å²) in [5.41, 5.74) is 9.41. The summed E-state index contributed by atoms with van der Waals surface area (Å²) in [7, 11) is 0. The Morgan fingerprint density at radius 1 is 0.247 bits per heavy atom. The molecule has 9 heteroatoms. The van der Waals surface area contributed by atoms with E-state index in [1.54, 1.807) is 146 Å². The van der Waals surface area contributed by atoms with E-state index >= 15 is 0 Å². The van der Waals surface area contributed by atoms with Crippen LogP contribution in [0.25, 0.3) is 66.8 Å².